The molecule has 34 heavy (non-hydrogen) atoms. The molecular weight excluding hydrogens is 412 g/mol. The van der Waals surface area contributed by atoms with E-state index in [1.807, 2.05) is 6.08 Å². The van der Waals surface area contributed by atoms with Gasteiger partial charge in [-0.3, -0.25) is 4.79 Å². The molecule has 0 amide bonds. The van der Waals surface area contributed by atoms with E-state index >= 15 is 0 Å². The molecule has 0 spiro atoms. The van der Waals surface area contributed by atoms with Crippen molar-refractivity contribution < 1.29 is 4.79 Å². The van der Waals surface area contributed by atoms with Gasteiger partial charge >= 0.3 is 0 Å². The largest absolute Gasteiger partial charge is 0.299 e. The highest BCUT2D eigenvalue weighted by Crippen LogP contribution is 2.77. The van der Waals surface area contributed by atoms with Crippen molar-refractivity contribution in [1.82, 2.24) is 0 Å². The number of fused-ring (bicyclic) bond motifs is 7. The maximum atomic E-state index is 13.6. The molecule has 0 aromatic rings. The number of ketones is 1. The first-order valence-corrected chi connectivity index (χ1v) is 14.6. The summed E-state index contributed by atoms with van der Waals surface area (Å²) in [5.74, 6) is 4.32. The third-order valence-corrected chi connectivity index (χ3v) is 13.8. The summed E-state index contributed by atoms with van der Waals surface area (Å²) in [6, 6.07) is 0. The number of carbonyl (C=O) groups excluding carboxylic acids is 1. The molecule has 0 aromatic carbocycles. The van der Waals surface area contributed by atoms with Crippen LogP contribution >= 0.6 is 0 Å². The Morgan fingerprint density at radius 2 is 1.62 bits per heavy atom. The molecule has 5 unspecified atom stereocenters. The van der Waals surface area contributed by atoms with E-state index in [4.69, 9.17) is 0 Å². The monoisotopic (exact) mass is 464 g/mol. The first-order valence-electron chi connectivity index (χ1n) is 14.6. The van der Waals surface area contributed by atoms with E-state index in [1.165, 1.54) is 56.9 Å². The van der Waals surface area contributed by atoms with Gasteiger partial charge in [0.15, 0.2) is 0 Å². The summed E-state index contributed by atoms with van der Waals surface area (Å²) in [6.07, 6.45) is 14.8. The van der Waals surface area contributed by atoms with Crippen molar-refractivity contribution in [3.05, 3.63) is 24.8 Å². The third-order valence-electron chi connectivity index (χ3n) is 13.8. The van der Waals surface area contributed by atoms with Crippen molar-refractivity contribution in [3.63, 3.8) is 0 Å². The van der Waals surface area contributed by atoms with Crippen molar-refractivity contribution in [2.75, 3.05) is 0 Å². The van der Waals surface area contributed by atoms with E-state index in [-0.39, 0.29) is 16.7 Å². The van der Waals surface area contributed by atoms with Crippen LogP contribution in [0.3, 0.4) is 0 Å². The summed E-state index contributed by atoms with van der Waals surface area (Å²) >= 11 is 0. The smallest absolute Gasteiger partial charge is 0.142 e. The fraction of sp³-hybridized carbons (Fsp3) is 0.848. The lowest BCUT2D eigenvalue weighted by Crippen LogP contribution is -2.67. The Bertz CT molecular complexity index is 896. The second-order valence-electron chi connectivity index (χ2n) is 15.4. The molecule has 0 bridgehead atoms. The van der Waals surface area contributed by atoms with E-state index in [1.54, 1.807) is 0 Å². The highest BCUT2D eigenvalue weighted by Gasteiger charge is 2.70. The van der Waals surface area contributed by atoms with E-state index in [2.05, 4.69) is 61.6 Å². The lowest BCUT2D eigenvalue weighted by Gasteiger charge is -2.72. The van der Waals surface area contributed by atoms with Gasteiger partial charge < -0.3 is 0 Å². The first-order chi connectivity index (χ1) is 15.8. The summed E-state index contributed by atoms with van der Waals surface area (Å²) < 4.78 is 0. The number of Topliss-reactive ketones (excluding diaryl/α,β-unsaturated/α-hetero) is 1. The van der Waals surface area contributed by atoms with Gasteiger partial charge in [0.2, 0.25) is 0 Å². The third kappa shape index (κ3) is 2.94. The quantitative estimate of drug-likeness (QED) is 0.381. The Hall–Kier alpha value is -0.850. The van der Waals surface area contributed by atoms with Crippen LogP contribution in [0.5, 0.6) is 0 Å². The summed E-state index contributed by atoms with van der Waals surface area (Å²) in [4.78, 5) is 13.6. The molecule has 5 fully saturated rings. The molecular formula is C33H52O. The number of carbonyl (C=O) groups is 1. The van der Waals surface area contributed by atoms with Gasteiger partial charge in [0.05, 0.1) is 0 Å². The van der Waals surface area contributed by atoms with Gasteiger partial charge in [0.25, 0.3) is 0 Å². The van der Waals surface area contributed by atoms with E-state index in [0.717, 1.165) is 36.5 Å². The molecule has 0 heterocycles. The minimum Gasteiger partial charge on any atom is -0.299 e. The maximum absolute atomic E-state index is 13.6. The lowest BCUT2D eigenvalue weighted by atomic mass is 9.32. The predicted octanol–water partition coefficient (Wildman–Crippen LogP) is 9.04. The minimum absolute atomic E-state index is 0.166. The van der Waals surface area contributed by atoms with Crippen LogP contribution in [0.15, 0.2) is 24.8 Å². The van der Waals surface area contributed by atoms with Crippen LogP contribution in [-0.4, -0.2) is 5.78 Å². The van der Waals surface area contributed by atoms with Crippen LogP contribution in [0, 0.1) is 62.6 Å². The van der Waals surface area contributed by atoms with Gasteiger partial charge in [-0.1, -0.05) is 59.8 Å². The summed E-state index contributed by atoms with van der Waals surface area (Å²) in [7, 11) is 0. The first kappa shape index (κ1) is 24.8. The van der Waals surface area contributed by atoms with Crippen LogP contribution in [0.25, 0.3) is 0 Å². The highest BCUT2D eigenvalue weighted by atomic mass is 16.1. The fourth-order valence-corrected chi connectivity index (χ4v) is 12.0. The summed E-state index contributed by atoms with van der Waals surface area (Å²) in [6.45, 7) is 26.1. The zero-order valence-corrected chi connectivity index (χ0v) is 23.4. The van der Waals surface area contributed by atoms with Crippen molar-refractivity contribution in [2.24, 2.45) is 62.6 Å². The highest BCUT2D eigenvalue weighted by molar-refractivity contribution is 5.88. The van der Waals surface area contributed by atoms with Gasteiger partial charge in [0, 0.05) is 11.3 Å². The normalized spacial score (nSPS) is 53.8. The number of allylic oxidation sites excluding steroid dienone is 2. The number of hydrogen-bond donors (Lipinski definition) is 0. The summed E-state index contributed by atoms with van der Waals surface area (Å²) in [5.41, 5.74) is 2.80. The summed E-state index contributed by atoms with van der Waals surface area (Å²) in [5, 5.41) is 0. The van der Waals surface area contributed by atoms with Gasteiger partial charge in [-0.15, -0.1) is 6.58 Å². The molecule has 1 nitrogen and oxygen atoms in total. The van der Waals surface area contributed by atoms with E-state index in [0.29, 0.717) is 27.9 Å². The Balaban J connectivity index is 1.55. The second-order valence-corrected chi connectivity index (χ2v) is 15.4. The van der Waals surface area contributed by atoms with E-state index in [9.17, 15) is 4.79 Å². The Morgan fingerprint density at radius 3 is 2.26 bits per heavy atom. The fourth-order valence-electron chi connectivity index (χ4n) is 12.0. The van der Waals surface area contributed by atoms with Crippen molar-refractivity contribution >= 4 is 5.78 Å². The van der Waals surface area contributed by atoms with Crippen LogP contribution in [0.4, 0.5) is 0 Å². The molecule has 0 aliphatic heterocycles. The van der Waals surface area contributed by atoms with Gasteiger partial charge in [-0.25, -0.2) is 0 Å². The number of hydrogen-bond acceptors (Lipinski definition) is 1. The van der Waals surface area contributed by atoms with Crippen LogP contribution in [0.2, 0.25) is 0 Å². The molecule has 5 saturated carbocycles. The molecule has 5 rings (SSSR count). The maximum Gasteiger partial charge on any atom is 0.142 e. The molecule has 190 valence electrons. The molecule has 10 atom stereocenters. The van der Waals surface area contributed by atoms with Crippen molar-refractivity contribution in [1.29, 1.82) is 0 Å². The van der Waals surface area contributed by atoms with Crippen LogP contribution in [0.1, 0.15) is 113 Å². The SMILES string of the molecule is C=CC[C@H]1C[C@@]2(C)C(CC[C@]3(C)C2CCC2C4C(C(=C)C)CC[C@]4(C)CC[C@]23C)C(C)(C)C1=O. The van der Waals surface area contributed by atoms with Crippen molar-refractivity contribution in [2.45, 2.75) is 113 Å². The second kappa shape index (κ2) is 7.58. The van der Waals surface area contributed by atoms with Gasteiger partial charge in [-0.05, 0) is 122 Å². The Kier molecular flexibility index (Phi) is 5.54. The van der Waals surface area contributed by atoms with Gasteiger partial charge in [0.1, 0.15) is 5.78 Å². The van der Waals surface area contributed by atoms with Crippen molar-refractivity contribution in [3.8, 4) is 0 Å². The minimum atomic E-state index is -0.207. The zero-order chi connectivity index (χ0) is 24.9. The standard InChI is InChI=1S/C33H52O/c1-10-11-22-20-31(7)25(29(4,5)28(22)34)15-17-33(9)26(31)13-12-24-27-23(21(2)3)14-16-30(27,6)18-19-32(24,33)8/h10,22-27H,1-2,11-20H2,3-9H3/t22-,23?,24?,25?,26?,27?,30+,31-,32+,33+/m0/s1. The molecule has 5 aliphatic carbocycles. The average molecular weight is 465 g/mol. The molecule has 5 aliphatic rings. The predicted molar refractivity (Wildman–Crippen MR) is 143 cm³/mol. The molecule has 0 aromatic heterocycles. The topological polar surface area (TPSA) is 17.1 Å². The Labute approximate surface area is 210 Å². The number of rotatable bonds is 3. The molecule has 0 N–H and O–H groups in total. The van der Waals surface area contributed by atoms with E-state index < -0.39 is 0 Å². The molecule has 0 radical (unpaired) electrons. The Morgan fingerprint density at radius 1 is 0.912 bits per heavy atom. The molecule has 1 heteroatoms. The van der Waals surface area contributed by atoms with Crippen LogP contribution < -0.4 is 0 Å². The average Bonchev–Trinajstić information content (AvgIpc) is 3.10. The zero-order valence-electron chi connectivity index (χ0n) is 23.4. The molecule has 0 saturated heterocycles. The van der Waals surface area contributed by atoms with Gasteiger partial charge in [-0.2, -0.15) is 0 Å². The van der Waals surface area contributed by atoms with Crippen LogP contribution in [-0.2, 0) is 4.79 Å². The lowest BCUT2D eigenvalue weighted by molar-refractivity contribution is -0.236.